The van der Waals surface area contributed by atoms with Crippen molar-refractivity contribution in [1.29, 1.82) is 0 Å². The predicted octanol–water partition coefficient (Wildman–Crippen LogP) is 11.1. The second kappa shape index (κ2) is 13.5. The molecule has 1 saturated carbocycles. The maximum absolute atomic E-state index is 5.05. The van der Waals surface area contributed by atoms with Crippen LogP contribution in [0.2, 0.25) is 0 Å². The minimum Gasteiger partial charge on any atom is -0.261 e. The first-order valence-electron chi connectivity index (χ1n) is 17.5. The van der Waals surface area contributed by atoms with Crippen LogP contribution in [0.15, 0.2) is 132 Å². The lowest BCUT2D eigenvalue weighted by atomic mass is 9.65. The number of hydrogen-bond donors (Lipinski definition) is 0. The van der Waals surface area contributed by atoms with Gasteiger partial charge in [-0.15, -0.1) is 0 Å². The predicted molar refractivity (Wildman–Crippen MR) is 198 cm³/mol. The molecule has 0 atom stereocenters. The van der Waals surface area contributed by atoms with Gasteiger partial charge in [-0.3, -0.25) is 4.99 Å². The molecule has 1 aromatic heterocycles. The highest BCUT2D eigenvalue weighted by atomic mass is 15.0. The number of aliphatic imine (C=N–C) groups is 1. The summed E-state index contributed by atoms with van der Waals surface area (Å²) in [6.07, 6.45) is 21.1. The van der Waals surface area contributed by atoms with Gasteiger partial charge in [0.05, 0.1) is 5.70 Å². The topological polar surface area (TPSA) is 51.0 Å². The average molecular weight is 625 g/mol. The second-order valence-electron chi connectivity index (χ2n) is 13.2. The van der Waals surface area contributed by atoms with Crippen molar-refractivity contribution in [1.82, 2.24) is 15.0 Å². The lowest BCUT2D eigenvalue weighted by molar-refractivity contribution is 0.346. The summed E-state index contributed by atoms with van der Waals surface area (Å²) in [6, 6.07) is 37.3. The Balaban J connectivity index is 1.14. The van der Waals surface area contributed by atoms with Crippen LogP contribution < -0.4 is 0 Å². The lowest BCUT2D eigenvalue weighted by Crippen LogP contribution is -2.30. The summed E-state index contributed by atoms with van der Waals surface area (Å²) in [7, 11) is 0. The van der Waals surface area contributed by atoms with E-state index in [1.807, 2.05) is 12.3 Å². The maximum atomic E-state index is 5.05. The summed E-state index contributed by atoms with van der Waals surface area (Å²) in [6.45, 7) is 0. The molecule has 236 valence electrons. The minimum atomic E-state index is 0.00709. The summed E-state index contributed by atoms with van der Waals surface area (Å²) in [5, 5.41) is 0. The molecule has 48 heavy (non-hydrogen) atoms. The molecule has 1 fully saturated rings. The quantitative estimate of drug-likeness (QED) is 0.181. The van der Waals surface area contributed by atoms with Crippen LogP contribution in [0, 0.1) is 0 Å². The molecule has 0 bridgehead atoms. The third-order valence-corrected chi connectivity index (χ3v) is 10.1. The summed E-state index contributed by atoms with van der Waals surface area (Å²) < 4.78 is 0. The van der Waals surface area contributed by atoms with Crippen molar-refractivity contribution < 1.29 is 0 Å². The van der Waals surface area contributed by atoms with E-state index < -0.39 is 0 Å². The van der Waals surface area contributed by atoms with Gasteiger partial charge in [-0.05, 0) is 66.3 Å². The molecule has 3 aliphatic rings. The summed E-state index contributed by atoms with van der Waals surface area (Å²) >= 11 is 0. The smallest absolute Gasteiger partial charge is 0.164 e. The monoisotopic (exact) mass is 624 g/mol. The number of allylic oxidation sites excluding steroid dienone is 5. The van der Waals surface area contributed by atoms with Crippen LogP contribution in [-0.2, 0) is 5.41 Å². The van der Waals surface area contributed by atoms with Gasteiger partial charge in [-0.25, -0.2) is 15.0 Å². The third kappa shape index (κ3) is 6.11. The number of rotatable bonds is 7. The molecule has 2 aliphatic carbocycles. The summed E-state index contributed by atoms with van der Waals surface area (Å²) in [4.78, 5) is 19.7. The van der Waals surface area contributed by atoms with E-state index in [4.69, 9.17) is 15.0 Å². The SMILES string of the molecule is C1=CC(c2nc(-c3ccc(-c4ccccc4)cc3)nc(-c3ccc(C4(c5ccc(C6=CCCC=N6)cc5)CCCCC4)cc3)n2)=CCC1. The van der Waals surface area contributed by atoms with Gasteiger partial charge < -0.3 is 0 Å². The number of benzene rings is 4. The van der Waals surface area contributed by atoms with Crippen molar-refractivity contribution in [2.45, 2.75) is 63.2 Å². The molecule has 4 nitrogen and oxygen atoms in total. The van der Waals surface area contributed by atoms with Crippen LogP contribution in [0.4, 0.5) is 0 Å². The van der Waals surface area contributed by atoms with Gasteiger partial charge in [-0.2, -0.15) is 0 Å². The van der Waals surface area contributed by atoms with Crippen LogP contribution in [0.25, 0.3) is 45.2 Å². The van der Waals surface area contributed by atoms with Crippen molar-refractivity contribution in [2.75, 3.05) is 0 Å². The zero-order valence-corrected chi connectivity index (χ0v) is 27.4. The Bertz CT molecular complexity index is 2010. The molecule has 1 aliphatic heterocycles. The number of aromatic nitrogens is 3. The first-order valence-corrected chi connectivity index (χ1v) is 17.5. The molecule has 4 aromatic carbocycles. The maximum Gasteiger partial charge on any atom is 0.164 e. The van der Waals surface area contributed by atoms with E-state index in [-0.39, 0.29) is 5.41 Å². The summed E-state index contributed by atoms with van der Waals surface area (Å²) in [5.41, 5.74) is 10.5. The standard InChI is InChI=1S/C44H40N4/c1-4-12-32(13-5-1)33-17-19-36(20-18-33)42-46-41(35-14-6-2-7-15-35)47-43(48-42)37-23-27-39(28-24-37)44(29-9-3-10-30-44)38-25-21-34(22-26-38)40-16-8-11-31-45-40/h1,4-6,12-28,31H,2-3,7-11,29-30H2. The van der Waals surface area contributed by atoms with Gasteiger partial charge in [0.25, 0.3) is 0 Å². The highest BCUT2D eigenvalue weighted by Gasteiger charge is 2.35. The molecule has 0 amide bonds. The molecule has 2 heterocycles. The second-order valence-corrected chi connectivity index (χ2v) is 13.2. The molecule has 0 radical (unpaired) electrons. The van der Waals surface area contributed by atoms with E-state index in [2.05, 4.69) is 126 Å². The third-order valence-electron chi connectivity index (χ3n) is 10.1. The number of hydrogen-bond acceptors (Lipinski definition) is 4. The van der Waals surface area contributed by atoms with Crippen LogP contribution in [-0.4, -0.2) is 21.2 Å². The van der Waals surface area contributed by atoms with Gasteiger partial charge in [-0.1, -0.05) is 147 Å². The molecule has 0 spiro atoms. The van der Waals surface area contributed by atoms with Crippen molar-refractivity contribution in [3.8, 4) is 33.9 Å². The Kier molecular flexibility index (Phi) is 8.47. The molecule has 4 heteroatoms. The molecule has 0 N–H and O–H groups in total. The Morgan fingerprint density at radius 2 is 1.02 bits per heavy atom. The van der Waals surface area contributed by atoms with E-state index in [1.165, 1.54) is 47.1 Å². The van der Waals surface area contributed by atoms with Gasteiger partial charge in [0.2, 0.25) is 0 Å². The molecule has 5 aromatic rings. The van der Waals surface area contributed by atoms with E-state index in [1.54, 1.807) is 0 Å². The van der Waals surface area contributed by atoms with Crippen LogP contribution in [0.1, 0.15) is 80.3 Å². The average Bonchev–Trinajstić information content (AvgIpc) is 3.19. The van der Waals surface area contributed by atoms with Crippen molar-refractivity contribution in [3.63, 3.8) is 0 Å². The van der Waals surface area contributed by atoms with Gasteiger partial charge in [0.1, 0.15) is 0 Å². The fraction of sp³-hybridized carbons (Fsp3) is 0.227. The molecule has 0 saturated heterocycles. The summed E-state index contributed by atoms with van der Waals surface area (Å²) in [5.74, 6) is 2.13. The molecule has 8 rings (SSSR count). The fourth-order valence-electron chi connectivity index (χ4n) is 7.49. The first kappa shape index (κ1) is 30.1. The van der Waals surface area contributed by atoms with Crippen LogP contribution >= 0.6 is 0 Å². The van der Waals surface area contributed by atoms with Crippen molar-refractivity contribution >= 4 is 17.5 Å². The zero-order chi connectivity index (χ0) is 32.2. The van der Waals surface area contributed by atoms with Crippen molar-refractivity contribution in [3.05, 3.63) is 150 Å². The normalized spacial score (nSPS) is 17.1. The van der Waals surface area contributed by atoms with E-state index in [0.29, 0.717) is 11.6 Å². The largest absolute Gasteiger partial charge is 0.261 e. The van der Waals surface area contributed by atoms with Gasteiger partial charge in [0.15, 0.2) is 17.5 Å². The van der Waals surface area contributed by atoms with Gasteiger partial charge in [0, 0.05) is 28.3 Å². The number of nitrogens with zero attached hydrogens (tertiary/aromatic N) is 4. The molecular weight excluding hydrogens is 585 g/mol. The zero-order valence-electron chi connectivity index (χ0n) is 27.4. The van der Waals surface area contributed by atoms with Crippen molar-refractivity contribution in [2.24, 2.45) is 4.99 Å². The lowest BCUT2D eigenvalue weighted by Gasteiger charge is -2.39. The fourth-order valence-corrected chi connectivity index (χ4v) is 7.49. The molecular formula is C44H40N4. The van der Waals surface area contributed by atoms with E-state index >= 15 is 0 Å². The highest BCUT2D eigenvalue weighted by molar-refractivity contribution is 5.77. The Morgan fingerprint density at radius 3 is 1.62 bits per heavy atom. The van der Waals surface area contributed by atoms with Crippen LogP contribution in [0.5, 0.6) is 0 Å². The Labute approximate surface area is 283 Å². The Morgan fingerprint density at radius 1 is 0.458 bits per heavy atom. The molecule has 0 unspecified atom stereocenters. The Hall–Kier alpha value is -5.22. The van der Waals surface area contributed by atoms with Crippen LogP contribution in [0.3, 0.4) is 0 Å². The highest BCUT2D eigenvalue weighted by Crippen LogP contribution is 2.45. The van der Waals surface area contributed by atoms with Gasteiger partial charge >= 0.3 is 0 Å². The van der Waals surface area contributed by atoms with E-state index in [0.717, 1.165) is 66.7 Å². The minimum absolute atomic E-state index is 0.00709. The van der Waals surface area contributed by atoms with E-state index in [9.17, 15) is 0 Å². The first-order chi connectivity index (χ1) is 23.7.